The molecule has 0 bridgehead atoms. The van der Waals surface area contributed by atoms with Crippen molar-refractivity contribution in [3.05, 3.63) is 0 Å². The fourth-order valence-electron chi connectivity index (χ4n) is 2.19. The van der Waals surface area contributed by atoms with Crippen LogP contribution in [0.1, 0.15) is 26.7 Å². The van der Waals surface area contributed by atoms with Crippen LogP contribution >= 0.6 is 0 Å². The highest BCUT2D eigenvalue weighted by molar-refractivity contribution is 5.26. The van der Waals surface area contributed by atoms with Crippen molar-refractivity contribution in [3.63, 3.8) is 0 Å². The van der Waals surface area contributed by atoms with Crippen LogP contribution in [0, 0.1) is 11.3 Å². The minimum Gasteiger partial charge on any atom is -0.384 e. The van der Waals surface area contributed by atoms with E-state index in [1.165, 1.54) is 12.8 Å². The molecule has 0 spiro atoms. The zero-order valence-electron chi connectivity index (χ0n) is 11.8. The van der Waals surface area contributed by atoms with E-state index < -0.39 is 0 Å². The standard InChI is InChI=1S/C12H23N5O/c1-12(2,9-18-4)8-17-11(13-14-15-17)16(3)7-10-5-6-10/h10H,5-9H2,1-4H3. The first-order valence-electron chi connectivity index (χ1n) is 6.48. The molecule has 18 heavy (non-hydrogen) atoms. The smallest absolute Gasteiger partial charge is 0.245 e. The Morgan fingerprint density at radius 2 is 2.17 bits per heavy atom. The highest BCUT2D eigenvalue weighted by Crippen LogP contribution is 2.30. The average Bonchev–Trinajstić information content (AvgIpc) is 2.95. The molecule has 0 unspecified atom stereocenters. The van der Waals surface area contributed by atoms with Gasteiger partial charge >= 0.3 is 0 Å². The van der Waals surface area contributed by atoms with E-state index in [1.54, 1.807) is 7.11 Å². The number of tetrazole rings is 1. The Kier molecular flexibility index (Phi) is 3.85. The molecule has 0 aromatic carbocycles. The zero-order valence-corrected chi connectivity index (χ0v) is 11.8. The molecule has 102 valence electrons. The fraction of sp³-hybridized carbons (Fsp3) is 0.917. The van der Waals surface area contributed by atoms with Crippen LogP contribution < -0.4 is 4.90 Å². The summed E-state index contributed by atoms with van der Waals surface area (Å²) in [6, 6.07) is 0. The first-order valence-corrected chi connectivity index (χ1v) is 6.48. The molecule has 1 aliphatic rings. The molecule has 1 fully saturated rings. The second-order valence-electron chi connectivity index (χ2n) is 6.06. The average molecular weight is 253 g/mol. The maximum atomic E-state index is 5.23. The molecule has 0 N–H and O–H groups in total. The number of rotatable bonds is 7. The second kappa shape index (κ2) is 5.22. The van der Waals surface area contributed by atoms with Gasteiger partial charge < -0.3 is 9.64 Å². The molecule has 0 aliphatic heterocycles. The van der Waals surface area contributed by atoms with Gasteiger partial charge in [-0.05, 0) is 29.2 Å². The molecule has 0 atom stereocenters. The number of anilines is 1. The van der Waals surface area contributed by atoms with Gasteiger partial charge in [0, 0.05) is 26.1 Å². The van der Waals surface area contributed by atoms with Crippen LogP contribution in [0.25, 0.3) is 0 Å². The van der Waals surface area contributed by atoms with Gasteiger partial charge in [0.1, 0.15) is 0 Å². The Morgan fingerprint density at radius 3 is 2.78 bits per heavy atom. The maximum absolute atomic E-state index is 5.23. The quantitative estimate of drug-likeness (QED) is 0.730. The van der Waals surface area contributed by atoms with Crippen LogP contribution in [-0.2, 0) is 11.3 Å². The lowest BCUT2D eigenvalue weighted by molar-refractivity contribution is 0.0889. The number of aromatic nitrogens is 4. The SMILES string of the molecule is COCC(C)(C)Cn1nnnc1N(C)CC1CC1. The summed E-state index contributed by atoms with van der Waals surface area (Å²) in [6.07, 6.45) is 2.67. The number of ether oxygens (including phenoxy) is 1. The summed E-state index contributed by atoms with van der Waals surface area (Å²) in [5, 5.41) is 12.0. The van der Waals surface area contributed by atoms with E-state index >= 15 is 0 Å². The molecule has 0 amide bonds. The van der Waals surface area contributed by atoms with Crippen LogP contribution in [0.15, 0.2) is 0 Å². The molecular weight excluding hydrogens is 230 g/mol. The first kappa shape index (κ1) is 13.3. The molecule has 6 nitrogen and oxygen atoms in total. The van der Waals surface area contributed by atoms with E-state index in [1.807, 2.05) is 4.68 Å². The van der Waals surface area contributed by atoms with Crippen molar-refractivity contribution in [2.45, 2.75) is 33.2 Å². The number of nitrogens with zero attached hydrogens (tertiary/aromatic N) is 5. The molecule has 1 aromatic heterocycles. The van der Waals surface area contributed by atoms with Gasteiger partial charge in [0.05, 0.1) is 13.2 Å². The highest BCUT2D eigenvalue weighted by Gasteiger charge is 2.26. The molecule has 0 saturated heterocycles. The first-order chi connectivity index (χ1) is 8.52. The third kappa shape index (κ3) is 3.41. The van der Waals surface area contributed by atoms with Crippen molar-refractivity contribution >= 4 is 5.95 Å². The van der Waals surface area contributed by atoms with E-state index in [9.17, 15) is 0 Å². The molecule has 0 radical (unpaired) electrons. The van der Waals surface area contributed by atoms with Crippen LogP contribution in [-0.4, -0.2) is 47.5 Å². The van der Waals surface area contributed by atoms with E-state index in [-0.39, 0.29) is 5.41 Å². The lowest BCUT2D eigenvalue weighted by Gasteiger charge is -2.25. The van der Waals surface area contributed by atoms with Crippen LogP contribution in [0.4, 0.5) is 5.95 Å². The summed E-state index contributed by atoms with van der Waals surface area (Å²) in [7, 11) is 3.78. The van der Waals surface area contributed by atoms with E-state index in [2.05, 4.69) is 41.3 Å². The lowest BCUT2D eigenvalue weighted by Crippen LogP contribution is -2.30. The number of hydrogen-bond acceptors (Lipinski definition) is 5. The van der Waals surface area contributed by atoms with Crippen molar-refractivity contribution in [2.24, 2.45) is 11.3 Å². The molecule has 2 rings (SSSR count). The Labute approximate surface area is 108 Å². The predicted molar refractivity (Wildman–Crippen MR) is 69.5 cm³/mol. The van der Waals surface area contributed by atoms with Gasteiger partial charge in [-0.25, -0.2) is 4.68 Å². The topological polar surface area (TPSA) is 56.1 Å². The molecule has 6 heteroatoms. The molecule has 1 heterocycles. The van der Waals surface area contributed by atoms with Gasteiger partial charge in [-0.3, -0.25) is 0 Å². The van der Waals surface area contributed by atoms with Crippen LogP contribution in [0.2, 0.25) is 0 Å². The second-order valence-corrected chi connectivity index (χ2v) is 6.06. The monoisotopic (exact) mass is 253 g/mol. The van der Waals surface area contributed by atoms with Gasteiger partial charge in [-0.15, -0.1) is 0 Å². The highest BCUT2D eigenvalue weighted by atomic mass is 16.5. The normalized spacial score (nSPS) is 16.0. The Bertz CT molecular complexity index is 386. The van der Waals surface area contributed by atoms with Gasteiger partial charge in [0.2, 0.25) is 5.95 Å². The van der Waals surface area contributed by atoms with Crippen molar-refractivity contribution < 1.29 is 4.74 Å². The third-order valence-corrected chi connectivity index (χ3v) is 3.20. The van der Waals surface area contributed by atoms with Crippen LogP contribution in [0.3, 0.4) is 0 Å². The minimum absolute atomic E-state index is 0.0271. The predicted octanol–water partition coefficient (Wildman–Crippen LogP) is 1.19. The Hall–Kier alpha value is -1.17. The van der Waals surface area contributed by atoms with Gasteiger partial charge in [0.15, 0.2) is 0 Å². The lowest BCUT2D eigenvalue weighted by atomic mass is 9.95. The fourth-order valence-corrected chi connectivity index (χ4v) is 2.19. The summed E-state index contributed by atoms with van der Waals surface area (Å²) in [4.78, 5) is 2.15. The molecule has 1 aromatic rings. The third-order valence-electron chi connectivity index (χ3n) is 3.20. The van der Waals surface area contributed by atoms with Crippen molar-refractivity contribution in [3.8, 4) is 0 Å². The van der Waals surface area contributed by atoms with Crippen molar-refractivity contribution in [1.29, 1.82) is 0 Å². The number of methoxy groups -OCH3 is 1. The molecule has 1 saturated carbocycles. The van der Waals surface area contributed by atoms with Crippen molar-refractivity contribution in [1.82, 2.24) is 20.2 Å². The Morgan fingerprint density at radius 1 is 1.44 bits per heavy atom. The number of hydrogen-bond donors (Lipinski definition) is 0. The van der Waals surface area contributed by atoms with Crippen LogP contribution in [0.5, 0.6) is 0 Å². The Balaban J connectivity index is 2.01. The summed E-state index contributed by atoms with van der Waals surface area (Å²) in [6.45, 7) is 6.81. The summed E-state index contributed by atoms with van der Waals surface area (Å²) < 4.78 is 7.11. The van der Waals surface area contributed by atoms with Gasteiger partial charge in [-0.2, -0.15) is 0 Å². The summed E-state index contributed by atoms with van der Waals surface area (Å²) >= 11 is 0. The zero-order chi connectivity index (χ0) is 13.2. The molecular formula is C12H23N5O. The maximum Gasteiger partial charge on any atom is 0.245 e. The largest absolute Gasteiger partial charge is 0.384 e. The van der Waals surface area contributed by atoms with Gasteiger partial charge in [0.25, 0.3) is 0 Å². The summed E-state index contributed by atoms with van der Waals surface area (Å²) in [5.41, 5.74) is 0.0271. The molecule has 1 aliphatic carbocycles. The van der Waals surface area contributed by atoms with Crippen molar-refractivity contribution in [2.75, 3.05) is 32.2 Å². The van der Waals surface area contributed by atoms with Gasteiger partial charge in [-0.1, -0.05) is 18.9 Å². The van der Waals surface area contributed by atoms with E-state index in [0.717, 1.165) is 25.0 Å². The minimum atomic E-state index is 0.0271. The summed E-state index contributed by atoms with van der Waals surface area (Å²) in [5.74, 6) is 1.68. The van der Waals surface area contributed by atoms with E-state index in [0.29, 0.717) is 6.61 Å². The van der Waals surface area contributed by atoms with E-state index in [4.69, 9.17) is 4.74 Å².